The van der Waals surface area contributed by atoms with Crippen LogP contribution in [0.4, 0.5) is 0 Å². The molecule has 2 aromatic rings. The minimum Gasteiger partial charge on any atom is -0.313 e. The maximum atomic E-state index is 5.98. The van der Waals surface area contributed by atoms with Crippen LogP contribution in [0.3, 0.4) is 0 Å². The molecule has 0 bridgehead atoms. The van der Waals surface area contributed by atoms with Crippen LogP contribution in [0.5, 0.6) is 0 Å². The first-order valence-corrected chi connectivity index (χ1v) is 8.74. The van der Waals surface area contributed by atoms with Crippen molar-refractivity contribution in [1.82, 2.24) is 5.32 Å². The van der Waals surface area contributed by atoms with E-state index in [9.17, 15) is 0 Å². The van der Waals surface area contributed by atoms with Gasteiger partial charge in [-0.25, -0.2) is 0 Å². The Balaban J connectivity index is 1.72. The van der Waals surface area contributed by atoms with Crippen molar-refractivity contribution in [2.45, 2.75) is 36.0 Å². The van der Waals surface area contributed by atoms with Crippen LogP contribution in [0.1, 0.15) is 18.1 Å². The molecule has 1 heterocycles. The number of benzene rings is 2. The van der Waals surface area contributed by atoms with Gasteiger partial charge in [0.25, 0.3) is 0 Å². The summed E-state index contributed by atoms with van der Waals surface area (Å²) in [5.74, 6) is 0. The summed E-state index contributed by atoms with van der Waals surface area (Å²) in [6.07, 6.45) is 2.21. The number of nitrogens with one attached hydrogen (secondary N) is 1. The summed E-state index contributed by atoms with van der Waals surface area (Å²) in [5, 5.41) is 5.08. The molecule has 1 aliphatic heterocycles. The van der Waals surface area contributed by atoms with Gasteiger partial charge in [-0.05, 0) is 48.7 Å². The lowest BCUT2D eigenvalue weighted by Crippen LogP contribution is -2.39. The van der Waals surface area contributed by atoms with Crippen LogP contribution in [-0.2, 0) is 12.8 Å². The fourth-order valence-electron chi connectivity index (χ4n) is 2.90. The molecule has 0 spiro atoms. The summed E-state index contributed by atoms with van der Waals surface area (Å²) < 4.78 is 0. The van der Waals surface area contributed by atoms with E-state index in [0.717, 1.165) is 24.4 Å². The van der Waals surface area contributed by atoms with Gasteiger partial charge in [0.15, 0.2) is 0 Å². The van der Waals surface area contributed by atoms with E-state index in [2.05, 4.69) is 48.6 Å². The Morgan fingerprint density at radius 2 is 1.95 bits per heavy atom. The maximum absolute atomic E-state index is 5.98. The Morgan fingerprint density at radius 3 is 2.67 bits per heavy atom. The van der Waals surface area contributed by atoms with Gasteiger partial charge < -0.3 is 5.32 Å². The van der Waals surface area contributed by atoms with Crippen molar-refractivity contribution in [2.75, 3.05) is 6.54 Å². The molecule has 0 amide bonds. The number of likely N-dealkylation sites (N-methyl/N-ethyl adjacent to an activating group) is 1. The molecule has 0 radical (unpaired) electrons. The van der Waals surface area contributed by atoms with E-state index < -0.39 is 0 Å². The normalized spacial score (nSPS) is 18.5. The van der Waals surface area contributed by atoms with Gasteiger partial charge in [0.2, 0.25) is 0 Å². The van der Waals surface area contributed by atoms with E-state index in [0.29, 0.717) is 11.3 Å². The predicted molar refractivity (Wildman–Crippen MR) is 92.4 cm³/mol. The fraction of sp³-hybridized carbons (Fsp3) is 0.333. The van der Waals surface area contributed by atoms with Crippen molar-refractivity contribution in [3.63, 3.8) is 0 Å². The van der Waals surface area contributed by atoms with E-state index in [1.165, 1.54) is 16.0 Å². The Hall–Kier alpha value is -0.960. The van der Waals surface area contributed by atoms with Crippen LogP contribution >= 0.6 is 23.4 Å². The molecule has 0 aromatic heterocycles. The number of halogens is 1. The highest BCUT2D eigenvalue weighted by Gasteiger charge is 2.28. The van der Waals surface area contributed by atoms with Crippen molar-refractivity contribution >= 4 is 23.4 Å². The second-order valence-electron chi connectivity index (χ2n) is 5.46. The van der Waals surface area contributed by atoms with Crippen molar-refractivity contribution in [3.8, 4) is 0 Å². The minimum atomic E-state index is 0.494. The third kappa shape index (κ3) is 3.63. The van der Waals surface area contributed by atoms with E-state index in [1.54, 1.807) is 0 Å². The second-order valence-corrected chi connectivity index (χ2v) is 7.18. The zero-order chi connectivity index (χ0) is 14.7. The van der Waals surface area contributed by atoms with Gasteiger partial charge in [0.1, 0.15) is 0 Å². The van der Waals surface area contributed by atoms with Crippen LogP contribution in [0, 0.1) is 0 Å². The average Bonchev–Trinajstić information content (AvgIpc) is 2.93. The molecule has 110 valence electrons. The monoisotopic (exact) mass is 317 g/mol. The molecule has 3 rings (SSSR count). The van der Waals surface area contributed by atoms with Gasteiger partial charge in [-0.2, -0.15) is 0 Å². The lowest BCUT2D eigenvalue weighted by molar-refractivity contribution is 0.506. The van der Waals surface area contributed by atoms with E-state index in [1.807, 2.05) is 23.9 Å². The van der Waals surface area contributed by atoms with Crippen molar-refractivity contribution < 1.29 is 0 Å². The lowest BCUT2D eigenvalue weighted by Gasteiger charge is -2.24. The topological polar surface area (TPSA) is 12.0 Å². The van der Waals surface area contributed by atoms with Gasteiger partial charge in [-0.1, -0.05) is 48.9 Å². The second kappa shape index (κ2) is 6.87. The zero-order valence-corrected chi connectivity index (χ0v) is 13.8. The van der Waals surface area contributed by atoms with Crippen molar-refractivity contribution in [2.24, 2.45) is 0 Å². The van der Waals surface area contributed by atoms with Gasteiger partial charge in [-0.3, -0.25) is 0 Å². The Kier molecular flexibility index (Phi) is 4.89. The number of thioether (sulfide) groups is 1. The van der Waals surface area contributed by atoms with E-state index >= 15 is 0 Å². The van der Waals surface area contributed by atoms with Gasteiger partial charge >= 0.3 is 0 Å². The average molecular weight is 318 g/mol. The maximum Gasteiger partial charge on any atom is 0.0406 e. The van der Waals surface area contributed by atoms with Crippen molar-refractivity contribution in [1.29, 1.82) is 0 Å². The first-order chi connectivity index (χ1) is 10.3. The lowest BCUT2D eigenvalue weighted by atomic mass is 9.99. The molecule has 2 aromatic carbocycles. The zero-order valence-electron chi connectivity index (χ0n) is 12.2. The molecular weight excluding hydrogens is 298 g/mol. The molecular formula is C18H20ClNS. The molecule has 0 fully saturated rings. The quantitative estimate of drug-likeness (QED) is 0.866. The standard InChI is InChI=1S/C18H20ClNS/c1-2-20-16(11-13-7-9-15(19)10-8-13)18-12-14-5-3-4-6-17(14)21-18/h3-10,16,18,20H,2,11-12H2,1H3. The predicted octanol–water partition coefficient (Wildman–Crippen LogP) is 4.58. The van der Waals surface area contributed by atoms with E-state index in [-0.39, 0.29) is 0 Å². The van der Waals surface area contributed by atoms with Gasteiger partial charge in [0, 0.05) is 21.2 Å². The summed E-state index contributed by atoms with van der Waals surface area (Å²) in [6, 6.07) is 17.5. The highest BCUT2D eigenvalue weighted by Crippen LogP contribution is 2.38. The minimum absolute atomic E-state index is 0.494. The molecule has 0 saturated heterocycles. The summed E-state index contributed by atoms with van der Waals surface area (Å²) >= 11 is 8.00. The number of rotatable bonds is 5. The molecule has 2 unspecified atom stereocenters. The van der Waals surface area contributed by atoms with E-state index in [4.69, 9.17) is 11.6 Å². The molecule has 1 nitrogen and oxygen atoms in total. The summed E-state index contributed by atoms with van der Waals surface area (Å²) in [6.45, 7) is 3.19. The van der Waals surface area contributed by atoms with Crippen LogP contribution < -0.4 is 5.32 Å². The molecule has 1 N–H and O–H groups in total. The highest BCUT2D eigenvalue weighted by atomic mass is 35.5. The number of hydrogen-bond donors (Lipinski definition) is 1. The largest absolute Gasteiger partial charge is 0.313 e. The number of fused-ring (bicyclic) bond motifs is 1. The molecule has 3 heteroatoms. The molecule has 1 aliphatic rings. The fourth-order valence-corrected chi connectivity index (χ4v) is 4.44. The SMILES string of the molecule is CCNC(Cc1ccc(Cl)cc1)C1Cc2ccccc2S1. The smallest absolute Gasteiger partial charge is 0.0406 e. The first kappa shape index (κ1) is 15.0. The summed E-state index contributed by atoms with van der Waals surface area (Å²) in [5.41, 5.74) is 2.84. The van der Waals surface area contributed by atoms with Crippen LogP contribution in [0.2, 0.25) is 5.02 Å². The molecule has 0 saturated carbocycles. The Labute approximate surface area is 136 Å². The molecule has 21 heavy (non-hydrogen) atoms. The third-order valence-corrected chi connectivity index (χ3v) is 5.66. The van der Waals surface area contributed by atoms with Crippen LogP contribution in [0.15, 0.2) is 53.4 Å². The van der Waals surface area contributed by atoms with Crippen LogP contribution in [0.25, 0.3) is 0 Å². The van der Waals surface area contributed by atoms with Crippen molar-refractivity contribution in [3.05, 3.63) is 64.7 Å². The van der Waals surface area contributed by atoms with Gasteiger partial charge in [0.05, 0.1) is 0 Å². The third-order valence-electron chi connectivity index (χ3n) is 3.96. The first-order valence-electron chi connectivity index (χ1n) is 7.48. The van der Waals surface area contributed by atoms with Gasteiger partial charge in [-0.15, -0.1) is 11.8 Å². The molecule has 0 aliphatic carbocycles. The number of hydrogen-bond acceptors (Lipinski definition) is 2. The Morgan fingerprint density at radius 1 is 1.19 bits per heavy atom. The highest BCUT2D eigenvalue weighted by molar-refractivity contribution is 8.00. The summed E-state index contributed by atoms with van der Waals surface area (Å²) in [7, 11) is 0. The Bertz CT molecular complexity index is 571. The summed E-state index contributed by atoms with van der Waals surface area (Å²) in [4.78, 5) is 1.45. The van der Waals surface area contributed by atoms with Crippen LogP contribution in [-0.4, -0.2) is 17.8 Å². The molecule has 2 atom stereocenters.